The molecule has 30 heavy (non-hydrogen) atoms. The summed E-state index contributed by atoms with van der Waals surface area (Å²) in [6.45, 7) is 8.13. The van der Waals surface area contributed by atoms with Gasteiger partial charge >= 0.3 is 5.97 Å². The summed E-state index contributed by atoms with van der Waals surface area (Å²) in [5, 5.41) is 7.42. The lowest BCUT2D eigenvalue weighted by molar-refractivity contribution is -0.143. The van der Waals surface area contributed by atoms with Crippen molar-refractivity contribution in [3.05, 3.63) is 65.2 Å². The van der Waals surface area contributed by atoms with Crippen molar-refractivity contribution in [2.24, 2.45) is 0 Å². The number of rotatable bonds is 9. The van der Waals surface area contributed by atoms with E-state index in [1.165, 1.54) is 0 Å². The third kappa shape index (κ3) is 8.45. The van der Waals surface area contributed by atoms with E-state index in [4.69, 9.17) is 20.4 Å². The maximum Gasteiger partial charge on any atom is 0.310 e. The molecule has 0 radical (unpaired) electrons. The number of ketones is 1. The zero-order valence-electron chi connectivity index (χ0n) is 17.8. The molecule has 0 heterocycles. The number of hydrogen-bond donors (Lipinski definition) is 2. The highest BCUT2D eigenvalue weighted by Crippen LogP contribution is 2.21. The Morgan fingerprint density at radius 2 is 1.60 bits per heavy atom. The van der Waals surface area contributed by atoms with Gasteiger partial charge in [0.25, 0.3) is 5.97 Å². The van der Waals surface area contributed by atoms with Crippen molar-refractivity contribution in [1.82, 2.24) is 4.90 Å². The standard InChI is InChI=1S/C21H26N2O3.C2H4O2/c1-3-23(4-2)13-14-26-19(24)15-17-11-8-12-18(20(17)22)21(25)16-9-6-5-7-10-16;1-2(3)4/h5-12H,3-4,13-15,22H2,1-2H3;1H3,(H,3,4). The largest absolute Gasteiger partial charge is 0.481 e. The Hall–Kier alpha value is -3.19. The monoisotopic (exact) mass is 414 g/mol. The highest BCUT2D eigenvalue weighted by Gasteiger charge is 2.16. The number of nitrogen functional groups attached to an aromatic ring is 1. The summed E-state index contributed by atoms with van der Waals surface area (Å²) >= 11 is 0. The van der Waals surface area contributed by atoms with Crippen LogP contribution in [-0.2, 0) is 20.7 Å². The molecule has 0 aliphatic heterocycles. The van der Waals surface area contributed by atoms with Crippen LogP contribution >= 0.6 is 0 Å². The lowest BCUT2D eigenvalue weighted by atomic mass is 9.98. The minimum Gasteiger partial charge on any atom is -0.481 e. The van der Waals surface area contributed by atoms with E-state index in [1.54, 1.807) is 42.5 Å². The molecule has 0 bridgehead atoms. The second-order valence-electron chi connectivity index (χ2n) is 6.52. The number of anilines is 1. The fourth-order valence-electron chi connectivity index (χ4n) is 2.75. The van der Waals surface area contributed by atoms with Crippen molar-refractivity contribution in [2.75, 3.05) is 32.0 Å². The third-order valence-electron chi connectivity index (χ3n) is 4.38. The number of benzene rings is 2. The smallest absolute Gasteiger partial charge is 0.310 e. The van der Waals surface area contributed by atoms with Crippen molar-refractivity contribution in [1.29, 1.82) is 0 Å². The average molecular weight is 415 g/mol. The Bertz CT molecular complexity index is 829. The van der Waals surface area contributed by atoms with E-state index in [1.807, 2.05) is 6.07 Å². The molecule has 7 nitrogen and oxygen atoms in total. The number of para-hydroxylation sites is 1. The molecule has 162 valence electrons. The number of carboxylic acid groups (broad SMARTS) is 1. The van der Waals surface area contributed by atoms with Crippen LogP contribution in [-0.4, -0.2) is 54.0 Å². The number of likely N-dealkylation sites (N-methyl/N-ethyl adjacent to an activating group) is 1. The molecule has 0 fully saturated rings. The summed E-state index contributed by atoms with van der Waals surface area (Å²) in [6.07, 6.45) is 0.0555. The van der Waals surface area contributed by atoms with Crippen LogP contribution in [0, 0.1) is 0 Å². The summed E-state index contributed by atoms with van der Waals surface area (Å²) in [5.41, 5.74) is 8.07. The highest BCUT2D eigenvalue weighted by atomic mass is 16.5. The number of nitrogens with two attached hydrogens (primary N) is 1. The predicted molar refractivity (Wildman–Crippen MR) is 116 cm³/mol. The molecule has 2 rings (SSSR count). The zero-order chi connectivity index (χ0) is 22.5. The Morgan fingerprint density at radius 1 is 1.00 bits per heavy atom. The number of esters is 1. The molecule has 0 amide bonds. The number of aliphatic carboxylic acids is 1. The Balaban J connectivity index is 0.00000103. The van der Waals surface area contributed by atoms with Gasteiger partial charge < -0.3 is 20.5 Å². The van der Waals surface area contributed by atoms with Crippen LogP contribution in [0.5, 0.6) is 0 Å². The first kappa shape index (κ1) is 24.8. The molecule has 3 N–H and O–H groups in total. The summed E-state index contributed by atoms with van der Waals surface area (Å²) in [4.78, 5) is 35.9. The van der Waals surface area contributed by atoms with Crippen LogP contribution in [0.4, 0.5) is 5.69 Å². The first-order valence-electron chi connectivity index (χ1n) is 9.84. The van der Waals surface area contributed by atoms with E-state index in [0.29, 0.717) is 35.5 Å². The van der Waals surface area contributed by atoms with E-state index >= 15 is 0 Å². The number of ether oxygens (including phenoxy) is 1. The van der Waals surface area contributed by atoms with Crippen LogP contribution in [0.15, 0.2) is 48.5 Å². The molecule has 0 atom stereocenters. The summed E-state index contributed by atoms with van der Waals surface area (Å²) in [6, 6.07) is 14.1. The minimum absolute atomic E-state index is 0.0555. The maximum absolute atomic E-state index is 12.6. The Morgan fingerprint density at radius 3 is 2.17 bits per heavy atom. The molecule has 0 saturated carbocycles. The normalized spacial score (nSPS) is 10.1. The van der Waals surface area contributed by atoms with Gasteiger partial charge in [-0.25, -0.2) is 0 Å². The fourth-order valence-corrected chi connectivity index (χ4v) is 2.75. The Kier molecular flexibility index (Phi) is 10.9. The molecule has 0 saturated heterocycles. The molecular weight excluding hydrogens is 384 g/mol. The molecule has 2 aromatic rings. The van der Waals surface area contributed by atoms with Crippen LogP contribution in [0.3, 0.4) is 0 Å². The van der Waals surface area contributed by atoms with Gasteiger partial charge in [-0.1, -0.05) is 56.3 Å². The lowest BCUT2D eigenvalue weighted by Crippen LogP contribution is -2.28. The molecule has 0 aromatic heterocycles. The topological polar surface area (TPSA) is 110 Å². The van der Waals surface area contributed by atoms with Crippen LogP contribution in [0.2, 0.25) is 0 Å². The number of nitrogens with zero attached hydrogens (tertiary/aromatic N) is 1. The van der Waals surface area contributed by atoms with E-state index in [2.05, 4.69) is 18.7 Å². The molecular formula is C23H30N2O5. The second-order valence-corrected chi connectivity index (χ2v) is 6.52. The lowest BCUT2D eigenvalue weighted by Gasteiger charge is -2.17. The van der Waals surface area contributed by atoms with Crippen molar-refractivity contribution >= 4 is 23.4 Å². The molecule has 0 spiro atoms. The number of carbonyl (C=O) groups excluding carboxylic acids is 2. The number of hydrogen-bond acceptors (Lipinski definition) is 6. The SMILES string of the molecule is CC(=O)O.CCN(CC)CCOC(=O)Cc1cccc(C(=O)c2ccccc2)c1N. The van der Waals surface area contributed by atoms with Crippen LogP contribution in [0.1, 0.15) is 42.3 Å². The van der Waals surface area contributed by atoms with Crippen molar-refractivity contribution in [3.8, 4) is 0 Å². The minimum atomic E-state index is -0.833. The quantitative estimate of drug-likeness (QED) is 0.369. The predicted octanol–water partition coefficient (Wildman–Crippen LogP) is 3.02. The Labute approximate surface area is 177 Å². The van der Waals surface area contributed by atoms with Crippen LogP contribution < -0.4 is 5.73 Å². The highest BCUT2D eigenvalue weighted by molar-refractivity contribution is 6.12. The molecule has 0 aliphatic rings. The van der Waals surface area contributed by atoms with E-state index in [0.717, 1.165) is 20.0 Å². The van der Waals surface area contributed by atoms with Crippen molar-refractivity contribution in [2.45, 2.75) is 27.2 Å². The molecule has 0 unspecified atom stereocenters. The zero-order valence-corrected chi connectivity index (χ0v) is 17.8. The van der Waals surface area contributed by atoms with Gasteiger partial charge in [-0.15, -0.1) is 0 Å². The van der Waals surface area contributed by atoms with Crippen molar-refractivity contribution < 1.29 is 24.2 Å². The van der Waals surface area contributed by atoms with Gasteiger partial charge in [0.2, 0.25) is 0 Å². The number of carbonyl (C=O) groups is 3. The van der Waals surface area contributed by atoms with E-state index in [9.17, 15) is 9.59 Å². The van der Waals surface area contributed by atoms with Crippen molar-refractivity contribution in [3.63, 3.8) is 0 Å². The van der Waals surface area contributed by atoms with Gasteiger partial charge in [0.1, 0.15) is 6.61 Å². The van der Waals surface area contributed by atoms with E-state index in [-0.39, 0.29) is 18.2 Å². The van der Waals surface area contributed by atoms with Gasteiger partial charge in [-0.3, -0.25) is 14.4 Å². The number of carboxylic acids is 1. The van der Waals surface area contributed by atoms with Gasteiger partial charge in [-0.2, -0.15) is 0 Å². The maximum atomic E-state index is 12.6. The average Bonchev–Trinajstić information content (AvgIpc) is 2.72. The summed E-state index contributed by atoms with van der Waals surface area (Å²) < 4.78 is 5.30. The van der Waals surface area contributed by atoms with Gasteiger partial charge in [0.15, 0.2) is 5.78 Å². The summed E-state index contributed by atoms with van der Waals surface area (Å²) in [5.74, 6) is -1.33. The first-order chi connectivity index (χ1) is 14.3. The second kappa shape index (κ2) is 13.1. The van der Waals surface area contributed by atoms with Gasteiger partial charge in [0, 0.05) is 30.3 Å². The van der Waals surface area contributed by atoms with Gasteiger partial charge in [-0.05, 0) is 24.7 Å². The van der Waals surface area contributed by atoms with E-state index < -0.39 is 5.97 Å². The molecule has 7 heteroatoms. The third-order valence-corrected chi connectivity index (χ3v) is 4.38. The molecule has 0 aliphatic carbocycles. The molecule has 2 aromatic carbocycles. The first-order valence-corrected chi connectivity index (χ1v) is 9.84. The van der Waals surface area contributed by atoms with Crippen LogP contribution in [0.25, 0.3) is 0 Å². The summed E-state index contributed by atoms with van der Waals surface area (Å²) in [7, 11) is 0. The van der Waals surface area contributed by atoms with Gasteiger partial charge in [0.05, 0.1) is 6.42 Å². The fraction of sp³-hybridized carbons (Fsp3) is 0.348.